The molecule has 3 rings (SSSR count). The van der Waals surface area contributed by atoms with Gasteiger partial charge in [0.1, 0.15) is 6.54 Å². The minimum Gasteiger partial charge on any atom is -0.352 e. The van der Waals surface area contributed by atoms with Gasteiger partial charge in [0.25, 0.3) is 15.9 Å². The van der Waals surface area contributed by atoms with Gasteiger partial charge >= 0.3 is 0 Å². The number of hydrogen-bond acceptors (Lipinski definition) is 4. The number of hydrogen-bond donors (Lipinski definition) is 2. The van der Waals surface area contributed by atoms with E-state index in [9.17, 15) is 18.0 Å². The van der Waals surface area contributed by atoms with Crippen LogP contribution in [0.5, 0.6) is 0 Å². The fourth-order valence-electron chi connectivity index (χ4n) is 3.66. The zero-order chi connectivity index (χ0) is 25.3. The SMILES string of the molecule is CCCCNC(=O)c1ccccc1NC(=O)CN(c1ccccc1CC)S(=O)(=O)c1ccccc1. The molecule has 0 heterocycles. The van der Waals surface area contributed by atoms with Crippen LogP contribution in [0.15, 0.2) is 83.8 Å². The van der Waals surface area contributed by atoms with Crippen molar-refractivity contribution in [1.82, 2.24) is 5.32 Å². The Morgan fingerprint density at radius 2 is 1.51 bits per heavy atom. The van der Waals surface area contributed by atoms with Crippen molar-refractivity contribution in [2.45, 2.75) is 38.0 Å². The summed E-state index contributed by atoms with van der Waals surface area (Å²) in [5, 5.41) is 5.58. The Bertz CT molecular complexity index is 1260. The molecule has 2 N–H and O–H groups in total. The van der Waals surface area contributed by atoms with Crippen molar-refractivity contribution in [2.24, 2.45) is 0 Å². The third-order valence-electron chi connectivity index (χ3n) is 5.52. The van der Waals surface area contributed by atoms with Crippen LogP contribution in [-0.2, 0) is 21.2 Å². The van der Waals surface area contributed by atoms with Gasteiger partial charge in [-0.1, -0.05) is 68.8 Å². The second kappa shape index (κ2) is 12.2. The summed E-state index contributed by atoms with van der Waals surface area (Å²) < 4.78 is 28.3. The van der Waals surface area contributed by atoms with Crippen LogP contribution >= 0.6 is 0 Å². The monoisotopic (exact) mass is 493 g/mol. The van der Waals surface area contributed by atoms with Gasteiger partial charge in [-0.3, -0.25) is 13.9 Å². The molecular formula is C27H31N3O4S. The average Bonchev–Trinajstić information content (AvgIpc) is 2.88. The molecule has 2 amide bonds. The molecule has 0 atom stereocenters. The standard InChI is InChI=1S/C27H31N3O4S/c1-3-5-19-28-27(32)23-16-10-11-17-24(23)29-26(31)20-30(25-18-12-9-13-21(25)4-2)35(33,34)22-14-7-6-8-15-22/h6-18H,3-5,19-20H2,1-2H3,(H,28,32)(H,29,31). The lowest BCUT2D eigenvalue weighted by molar-refractivity contribution is -0.114. The molecule has 3 aromatic carbocycles. The van der Waals surface area contributed by atoms with Gasteiger partial charge in [0.2, 0.25) is 5.91 Å². The van der Waals surface area contributed by atoms with Gasteiger partial charge in [-0.2, -0.15) is 0 Å². The van der Waals surface area contributed by atoms with Gasteiger partial charge in [-0.05, 0) is 48.7 Å². The van der Waals surface area contributed by atoms with Gasteiger partial charge in [0.15, 0.2) is 0 Å². The molecular weight excluding hydrogens is 462 g/mol. The topological polar surface area (TPSA) is 95.6 Å². The molecule has 0 radical (unpaired) electrons. The van der Waals surface area contributed by atoms with E-state index in [0.717, 1.165) is 22.7 Å². The summed E-state index contributed by atoms with van der Waals surface area (Å²) in [5.41, 5.74) is 1.89. The van der Waals surface area contributed by atoms with Gasteiger partial charge in [-0.15, -0.1) is 0 Å². The van der Waals surface area contributed by atoms with Crippen LogP contribution in [0.2, 0.25) is 0 Å². The molecule has 0 aliphatic rings. The van der Waals surface area contributed by atoms with E-state index >= 15 is 0 Å². The minimum absolute atomic E-state index is 0.0920. The van der Waals surface area contributed by atoms with Crippen molar-refractivity contribution in [3.63, 3.8) is 0 Å². The number of rotatable bonds is 11. The Kier molecular flexibility index (Phi) is 9.03. The van der Waals surface area contributed by atoms with Crippen molar-refractivity contribution in [3.8, 4) is 0 Å². The maximum Gasteiger partial charge on any atom is 0.264 e. The fraction of sp³-hybridized carbons (Fsp3) is 0.259. The fourth-order valence-corrected chi connectivity index (χ4v) is 5.14. The molecule has 0 aromatic heterocycles. The number of aryl methyl sites for hydroxylation is 1. The number of benzene rings is 3. The molecule has 0 aliphatic carbocycles. The van der Waals surface area contributed by atoms with E-state index in [4.69, 9.17) is 0 Å². The predicted octanol–water partition coefficient (Wildman–Crippen LogP) is 4.61. The van der Waals surface area contributed by atoms with Crippen LogP contribution in [0.25, 0.3) is 0 Å². The summed E-state index contributed by atoms with van der Waals surface area (Å²) in [6.07, 6.45) is 2.40. The highest BCUT2D eigenvalue weighted by molar-refractivity contribution is 7.92. The Hall–Kier alpha value is -3.65. The molecule has 0 saturated carbocycles. The van der Waals surface area contributed by atoms with E-state index in [1.807, 2.05) is 26.0 Å². The van der Waals surface area contributed by atoms with Crippen molar-refractivity contribution < 1.29 is 18.0 Å². The van der Waals surface area contributed by atoms with Gasteiger partial charge < -0.3 is 10.6 Å². The molecule has 0 bridgehead atoms. The molecule has 3 aromatic rings. The first kappa shape index (κ1) is 26.0. The molecule has 0 aliphatic heterocycles. The number of carbonyl (C=O) groups is 2. The third kappa shape index (κ3) is 6.48. The number of nitrogens with one attached hydrogen (secondary N) is 2. The normalized spacial score (nSPS) is 11.0. The van der Waals surface area contributed by atoms with E-state index in [1.54, 1.807) is 54.6 Å². The summed E-state index contributed by atoms with van der Waals surface area (Å²) in [4.78, 5) is 25.9. The van der Waals surface area contributed by atoms with Crippen LogP contribution in [0, 0.1) is 0 Å². The highest BCUT2D eigenvalue weighted by Gasteiger charge is 2.28. The zero-order valence-electron chi connectivity index (χ0n) is 20.0. The molecule has 0 unspecified atom stereocenters. The first-order valence-corrected chi connectivity index (χ1v) is 13.1. The van der Waals surface area contributed by atoms with Crippen LogP contribution in [-0.4, -0.2) is 33.3 Å². The highest BCUT2D eigenvalue weighted by atomic mass is 32.2. The minimum atomic E-state index is -4.02. The maximum atomic E-state index is 13.6. The summed E-state index contributed by atoms with van der Waals surface area (Å²) in [7, 11) is -4.02. The molecule has 0 fully saturated rings. The van der Waals surface area contributed by atoms with Gasteiger partial charge in [0, 0.05) is 6.54 Å². The van der Waals surface area contributed by atoms with Crippen molar-refractivity contribution in [1.29, 1.82) is 0 Å². The van der Waals surface area contributed by atoms with Crippen LogP contribution < -0.4 is 14.9 Å². The summed E-state index contributed by atoms with van der Waals surface area (Å²) in [6, 6.07) is 21.8. The predicted molar refractivity (Wildman–Crippen MR) is 139 cm³/mol. The van der Waals surface area contributed by atoms with E-state index in [0.29, 0.717) is 29.9 Å². The number of nitrogens with zero attached hydrogens (tertiary/aromatic N) is 1. The number of carbonyl (C=O) groups excluding carboxylic acids is 2. The van der Waals surface area contributed by atoms with Crippen LogP contribution in [0.4, 0.5) is 11.4 Å². The van der Waals surface area contributed by atoms with E-state index in [-0.39, 0.29) is 10.8 Å². The molecule has 0 saturated heterocycles. The first-order chi connectivity index (χ1) is 16.9. The van der Waals surface area contributed by atoms with Crippen molar-refractivity contribution >= 4 is 33.2 Å². The molecule has 8 heteroatoms. The zero-order valence-corrected chi connectivity index (χ0v) is 20.8. The lowest BCUT2D eigenvalue weighted by Crippen LogP contribution is -2.39. The number of unbranched alkanes of at least 4 members (excludes halogenated alkanes) is 1. The van der Waals surface area contributed by atoms with Crippen molar-refractivity contribution in [2.75, 3.05) is 22.7 Å². The van der Waals surface area contributed by atoms with E-state index < -0.39 is 22.5 Å². The summed E-state index contributed by atoms with van der Waals surface area (Å²) in [5.74, 6) is -0.844. The Morgan fingerprint density at radius 1 is 0.857 bits per heavy atom. The Morgan fingerprint density at radius 3 is 2.23 bits per heavy atom. The summed E-state index contributed by atoms with van der Waals surface area (Å²) >= 11 is 0. The highest BCUT2D eigenvalue weighted by Crippen LogP contribution is 2.27. The third-order valence-corrected chi connectivity index (χ3v) is 7.30. The number of anilines is 2. The lowest BCUT2D eigenvalue weighted by Gasteiger charge is -2.26. The second-order valence-corrected chi connectivity index (χ2v) is 9.87. The van der Waals surface area contributed by atoms with Gasteiger partial charge in [0.05, 0.1) is 21.8 Å². The Balaban J connectivity index is 1.91. The van der Waals surface area contributed by atoms with Crippen molar-refractivity contribution in [3.05, 3.63) is 90.0 Å². The molecule has 184 valence electrons. The number of amides is 2. The average molecular weight is 494 g/mol. The number of para-hydroxylation sites is 2. The second-order valence-electron chi connectivity index (χ2n) is 8.01. The maximum absolute atomic E-state index is 13.6. The van der Waals surface area contributed by atoms with E-state index in [2.05, 4.69) is 10.6 Å². The first-order valence-electron chi connectivity index (χ1n) is 11.7. The smallest absolute Gasteiger partial charge is 0.264 e. The summed E-state index contributed by atoms with van der Waals surface area (Å²) in [6.45, 7) is 4.06. The molecule has 0 spiro atoms. The Labute approximate surface area is 207 Å². The largest absolute Gasteiger partial charge is 0.352 e. The van der Waals surface area contributed by atoms with Gasteiger partial charge in [-0.25, -0.2) is 8.42 Å². The van der Waals surface area contributed by atoms with Crippen LogP contribution in [0.1, 0.15) is 42.6 Å². The van der Waals surface area contributed by atoms with Crippen LogP contribution in [0.3, 0.4) is 0 Å². The quantitative estimate of drug-likeness (QED) is 0.381. The molecule has 7 nitrogen and oxygen atoms in total. The molecule has 35 heavy (non-hydrogen) atoms. The number of sulfonamides is 1. The lowest BCUT2D eigenvalue weighted by atomic mass is 10.1. The van der Waals surface area contributed by atoms with E-state index in [1.165, 1.54) is 12.1 Å².